The van der Waals surface area contributed by atoms with Crippen molar-refractivity contribution in [3.05, 3.63) is 121 Å². The fourth-order valence-corrected chi connectivity index (χ4v) is 9.69. The zero-order valence-electron chi connectivity index (χ0n) is 30.6. The molecule has 0 aromatic heterocycles. The van der Waals surface area contributed by atoms with Crippen LogP contribution in [0.1, 0.15) is 69.6 Å². The molecule has 0 radical (unpaired) electrons. The van der Waals surface area contributed by atoms with Crippen LogP contribution in [0.25, 0.3) is 11.1 Å². The Morgan fingerprint density at radius 3 is 1.98 bits per heavy atom. The number of ether oxygens (including phenoxy) is 1. The van der Waals surface area contributed by atoms with Crippen molar-refractivity contribution < 1.29 is 23.2 Å². The Labute approximate surface area is 305 Å². The Hall–Kier alpha value is -3.43. The van der Waals surface area contributed by atoms with Gasteiger partial charge in [-0.3, -0.25) is 4.79 Å². The van der Waals surface area contributed by atoms with Gasteiger partial charge in [0.2, 0.25) is 0 Å². The number of carbonyl (C=O) groups excluding carboxylic acids is 2. The van der Waals surface area contributed by atoms with Crippen molar-refractivity contribution in [3.8, 4) is 11.1 Å². The number of thioether (sulfide) groups is 1. The standard InChI is InChI=1S/C42H55NO5SSi/c1-9-18-40(48-50(7,8)47-39(10-2)36(25-29(3)4)41(44)49-28-31-19-12-11-13-20-31)38(26-30(5)6)43-42(45)46-27-37-34-23-16-14-21-32(34)33-22-15-17-24-35(33)37/h9-17,19-24,29-30,36-40H,1-2,18,25-28H2,3-8H3,(H,43,45)/t36-,38-,39+,40+/m0/s1. The van der Waals surface area contributed by atoms with Crippen LogP contribution >= 0.6 is 11.8 Å². The van der Waals surface area contributed by atoms with Crippen LogP contribution in [0.3, 0.4) is 0 Å². The number of amides is 1. The van der Waals surface area contributed by atoms with E-state index in [1.165, 1.54) is 34.0 Å². The highest BCUT2D eigenvalue weighted by Gasteiger charge is 2.39. The molecular weight excluding hydrogens is 659 g/mol. The highest BCUT2D eigenvalue weighted by atomic mass is 32.2. The molecule has 0 aliphatic heterocycles. The molecule has 0 bridgehead atoms. The highest BCUT2D eigenvalue weighted by molar-refractivity contribution is 8.13. The molecule has 8 heteroatoms. The topological polar surface area (TPSA) is 73.9 Å². The Bertz CT molecular complexity index is 1530. The van der Waals surface area contributed by atoms with Crippen molar-refractivity contribution in [2.75, 3.05) is 6.61 Å². The lowest BCUT2D eigenvalue weighted by Crippen LogP contribution is -2.52. The number of rotatable bonds is 19. The fraction of sp³-hybridized carbons (Fsp3) is 0.429. The van der Waals surface area contributed by atoms with E-state index < -0.39 is 26.9 Å². The summed E-state index contributed by atoms with van der Waals surface area (Å²) in [5.74, 6) is 0.795. The van der Waals surface area contributed by atoms with E-state index in [0.717, 1.165) is 5.56 Å². The van der Waals surface area contributed by atoms with E-state index in [9.17, 15) is 9.59 Å². The summed E-state index contributed by atoms with van der Waals surface area (Å²) in [6.07, 6.45) is 4.07. The molecule has 1 aliphatic carbocycles. The first kappa shape index (κ1) is 39.4. The molecule has 50 heavy (non-hydrogen) atoms. The van der Waals surface area contributed by atoms with Gasteiger partial charge >= 0.3 is 14.7 Å². The SMILES string of the molecule is C=CC[C@@H](O[Si](C)(C)O[C@H](C=C)[C@H](CC(C)C)C(=O)SCc1ccccc1)[C@H](CC(C)C)NC(=O)OCC1c2ccccc2-c2ccccc21. The summed E-state index contributed by atoms with van der Waals surface area (Å²) < 4.78 is 19.5. The minimum absolute atomic E-state index is 0.0279. The van der Waals surface area contributed by atoms with Crippen LogP contribution in [-0.2, 0) is 24.1 Å². The van der Waals surface area contributed by atoms with Crippen LogP contribution in [0.2, 0.25) is 13.1 Å². The summed E-state index contributed by atoms with van der Waals surface area (Å²) in [6, 6.07) is 26.3. The lowest BCUT2D eigenvalue weighted by molar-refractivity contribution is -0.117. The summed E-state index contributed by atoms with van der Waals surface area (Å²) in [4.78, 5) is 27.1. The van der Waals surface area contributed by atoms with Crippen molar-refractivity contribution >= 4 is 31.5 Å². The Kier molecular flexibility index (Phi) is 14.7. The van der Waals surface area contributed by atoms with Gasteiger partial charge in [-0.15, -0.1) is 13.2 Å². The second-order valence-electron chi connectivity index (χ2n) is 14.4. The van der Waals surface area contributed by atoms with Crippen LogP contribution < -0.4 is 5.32 Å². The van der Waals surface area contributed by atoms with Crippen LogP contribution in [0, 0.1) is 17.8 Å². The number of hydrogen-bond donors (Lipinski definition) is 1. The molecule has 0 fully saturated rings. The van der Waals surface area contributed by atoms with Crippen LogP contribution in [0.15, 0.2) is 104 Å². The monoisotopic (exact) mass is 713 g/mol. The van der Waals surface area contributed by atoms with E-state index in [-0.39, 0.29) is 35.5 Å². The van der Waals surface area contributed by atoms with Crippen molar-refractivity contribution in [1.29, 1.82) is 0 Å². The minimum Gasteiger partial charge on any atom is -0.449 e. The number of carbonyl (C=O) groups is 2. The summed E-state index contributed by atoms with van der Waals surface area (Å²) >= 11 is 1.33. The average Bonchev–Trinajstić information content (AvgIpc) is 3.41. The van der Waals surface area contributed by atoms with Gasteiger partial charge in [-0.2, -0.15) is 0 Å². The Morgan fingerprint density at radius 2 is 1.42 bits per heavy atom. The quantitative estimate of drug-likeness (QED) is 0.0985. The van der Waals surface area contributed by atoms with Crippen molar-refractivity contribution in [2.45, 2.75) is 90.0 Å². The maximum absolute atomic E-state index is 13.6. The molecule has 0 heterocycles. The van der Waals surface area contributed by atoms with Crippen LogP contribution in [-0.4, -0.2) is 44.6 Å². The molecule has 1 amide bonds. The Morgan fingerprint density at radius 1 is 0.840 bits per heavy atom. The fourth-order valence-electron chi connectivity index (χ4n) is 6.78. The largest absolute Gasteiger partial charge is 0.449 e. The van der Waals surface area contributed by atoms with Gasteiger partial charge in [-0.1, -0.05) is 130 Å². The van der Waals surface area contributed by atoms with Gasteiger partial charge in [0.25, 0.3) is 0 Å². The smallest absolute Gasteiger partial charge is 0.407 e. The van der Waals surface area contributed by atoms with Gasteiger partial charge in [-0.25, -0.2) is 4.79 Å². The maximum Gasteiger partial charge on any atom is 0.407 e. The molecule has 0 saturated heterocycles. The highest BCUT2D eigenvalue weighted by Crippen LogP contribution is 2.44. The van der Waals surface area contributed by atoms with E-state index in [0.29, 0.717) is 30.9 Å². The molecule has 3 aromatic rings. The lowest BCUT2D eigenvalue weighted by atomic mass is 9.93. The average molecular weight is 714 g/mol. The molecule has 0 unspecified atom stereocenters. The zero-order chi connectivity index (χ0) is 36.3. The van der Waals surface area contributed by atoms with Gasteiger partial charge < -0.3 is 18.9 Å². The van der Waals surface area contributed by atoms with Gasteiger partial charge in [0, 0.05) is 11.7 Å². The number of fused-ring (bicyclic) bond motifs is 3. The first-order chi connectivity index (χ1) is 23.9. The first-order valence-electron chi connectivity index (χ1n) is 17.8. The van der Waals surface area contributed by atoms with Crippen molar-refractivity contribution in [3.63, 3.8) is 0 Å². The molecule has 268 valence electrons. The van der Waals surface area contributed by atoms with Gasteiger partial charge in [0.05, 0.1) is 24.2 Å². The maximum atomic E-state index is 13.6. The van der Waals surface area contributed by atoms with E-state index in [4.69, 9.17) is 13.6 Å². The third kappa shape index (κ3) is 11.0. The zero-order valence-corrected chi connectivity index (χ0v) is 32.4. The van der Waals surface area contributed by atoms with Gasteiger partial charge in [0.1, 0.15) is 6.61 Å². The predicted octanol–water partition coefficient (Wildman–Crippen LogP) is 10.3. The third-order valence-electron chi connectivity index (χ3n) is 8.96. The van der Waals surface area contributed by atoms with E-state index in [1.54, 1.807) is 6.08 Å². The van der Waals surface area contributed by atoms with Crippen LogP contribution in [0.5, 0.6) is 0 Å². The number of benzene rings is 3. The van der Waals surface area contributed by atoms with Crippen LogP contribution in [0.4, 0.5) is 4.79 Å². The number of nitrogens with one attached hydrogen (secondary N) is 1. The molecule has 1 aliphatic rings. The minimum atomic E-state index is -2.89. The molecule has 3 aromatic carbocycles. The van der Waals surface area contributed by atoms with Crippen molar-refractivity contribution in [1.82, 2.24) is 5.32 Å². The number of alkyl carbamates (subject to hydrolysis) is 1. The van der Waals surface area contributed by atoms with Crippen molar-refractivity contribution in [2.24, 2.45) is 17.8 Å². The molecule has 0 saturated carbocycles. The summed E-state index contributed by atoms with van der Waals surface area (Å²) in [7, 11) is -2.89. The lowest BCUT2D eigenvalue weighted by Gasteiger charge is -2.37. The molecule has 4 rings (SSSR count). The summed E-state index contributed by atoms with van der Waals surface area (Å²) in [5.41, 5.74) is 5.82. The summed E-state index contributed by atoms with van der Waals surface area (Å²) in [5, 5.41) is 3.24. The van der Waals surface area contributed by atoms with E-state index >= 15 is 0 Å². The van der Waals surface area contributed by atoms with E-state index in [1.807, 2.05) is 73.8 Å². The molecule has 6 nitrogen and oxygen atoms in total. The molecular formula is C42H55NO5SSi. The molecule has 0 spiro atoms. The second-order valence-corrected chi connectivity index (χ2v) is 18.7. The molecule has 1 N–H and O–H groups in total. The normalized spacial score (nSPS) is 15.1. The first-order valence-corrected chi connectivity index (χ1v) is 21.6. The van der Waals surface area contributed by atoms with Gasteiger partial charge in [-0.05, 0) is 72.0 Å². The third-order valence-corrected chi connectivity index (χ3v) is 11.7. The molecule has 4 atom stereocenters. The Balaban J connectivity index is 1.44. The summed E-state index contributed by atoms with van der Waals surface area (Å²) in [6.45, 7) is 20.8. The predicted molar refractivity (Wildman–Crippen MR) is 209 cm³/mol. The second kappa shape index (κ2) is 18.7. The van der Waals surface area contributed by atoms with E-state index in [2.05, 4.69) is 70.4 Å². The number of hydrogen-bond acceptors (Lipinski definition) is 6. The van der Waals surface area contributed by atoms with Gasteiger partial charge in [0.15, 0.2) is 5.12 Å².